The molecule has 4 rings (SSSR count). The van der Waals surface area contributed by atoms with Crippen LogP contribution in [-0.4, -0.2) is 101 Å². The number of benzene rings is 4. The maximum Gasteiger partial charge on any atom is 0.412 e. The van der Waals surface area contributed by atoms with Gasteiger partial charge in [-0.3, -0.25) is 0 Å². The van der Waals surface area contributed by atoms with E-state index in [4.69, 9.17) is 37.9 Å². The Morgan fingerprint density at radius 3 is 0.685 bits per heavy atom. The van der Waals surface area contributed by atoms with Gasteiger partial charge in [-0.1, -0.05) is 74.8 Å². The number of carbonyl (C=O) groups is 8. The van der Waals surface area contributed by atoms with Gasteiger partial charge in [0.2, 0.25) is 0 Å². The molecule has 0 fully saturated rings. The molecule has 384 valence electrons. The standard InChI is InChI=1S/C53H56N4O16/c1-33(2)45(58)66-29-25-54-49(62)70-41-17-9-37(10-18-41)53(38-11-19-42(20-12-38)71-50(63)55-26-30-67-46(59)34(3)4,39-13-21-43(22-14-39)72-51(64)56-27-31-68-47(60)35(5)6)40-15-23-44(24-16-40)73-52(65)57-28-32-69-48(61)36(7)8/h9-24H,1,3,5,7,25-32H2,2,4,6,8H3,(H,54,62)(H,55,63)(H,56,64)(H,57,65). The van der Waals surface area contributed by atoms with Gasteiger partial charge in [-0.25, -0.2) is 38.4 Å². The average Bonchev–Trinajstić information content (AvgIpc) is 3.36. The molecule has 0 bridgehead atoms. The number of nitrogens with one attached hydrogen (secondary N) is 4. The number of hydrogen-bond donors (Lipinski definition) is 4. The molecule has 73 heavy (non-hydrogen) atoms. The van der Waals surface area contributed by atoms with Crippen LogP contribution in [0.5, 0.6) is 23.0 Å². The molecule has 0 aliphatic carbocycles. The Kier molecular flexibility index (Phi) is 21.5. The fourth-order valence-corrected chi connectivity index (χ4v) is 6.34. The molecule has 4 N–H and O–H groups in total. The van der Waals surface area contributed by atoms with Crippen molar-refractivity contribution in [2.24, 2.45) is 0 Å². The third-order valence-corrected chi connectivity index (χ3v) is 9.80. The van der Waals surface area contributed by atoms with Gasteiger partial charge in [0, 0.05) is 22.3 Å². The van der Waals surface area contributed by atoms with Crippen molar-refractivity contribution in [3.63, 3.8) is 0 Å². The molecule has 0 atom stereocenters. The summed E-state index contributed by atoms with van der Waals surface area (Å²) in [5.74, 6) is -1.85. The van der Waals surface area contributed by atoms with Crippen LogP contribution < -0.4 is 40.2 Å². The van der Waals surface area contributed by atoms with E-state index >= 15 is 0 Å². The SMILES string of the molecule is C=C(C)C(=O)OCCNC(=O)Oc1ccc(C(c2ccc(OC(=O)NCCOC(=O)C(=C)C)cc2)(c2ccc(OC(=O)NCCOC(=O)C(=C)C)cc2)c2ccc(OC(=O)NCCOC(=O)C(=C)C)cc2)cc1. The van der Waals surface area contributed by atoms with Gasteiger partial charge >= 0.3 is 48.3 Å². The van der Waals surface area contributed by atoms with Crippen molar-refractivity contribution in [2.45, 2.75) is 33.1 Å². The molecule has 20 heteroatoms. The summed E-state index contributed by atoms with van der Waals surface area (Å²) in [6, 6.07) is 26.2. The molecule has 4 aromatic carbocycles. The third-order valence-electron chi connectivity index (χ3n) is 9.80. The summed E-state index contributed by atoms with van der Waals surface area (Å²) >= 11 is 0. The zero-order chi connectivity index (χ0) is 53.5. The van der Waals surface area contributed by atoms with Crippen molar-refractivity contribution in [3.8, 4) is 23.0 Å². The summed E-state index contributed by atoms with van der Waals surface area (Å²) in [5.41, 5.74) is 1.88. The van der Waals surface area contributed by atoms with Crippen molar-refractivity contribution < 1.29 is 76.3 Å². The number of carbonyl (C=O) groups excluding carboxylic acids is 8. The first-order valence-corrected chi connectivity index (χ1v) is 22.4. The lowest BCUT2D eigenvalue weighted by Crippen LogP contribution is -2.32. The minimum absolute atomic E-state index is 0.0379. The highest BCUT2D eigenvalue weighted by Gasteiger charge is 2.39. The summed E-state index contributed by atoms with van der Waals surface area (Å²) < 4.78 is 42.2. The molecule has 0 aliphatic heterocycles. The van der Waals surface area contributed by atoms with Gasteiger partial charge in [-0.05, 0) is 98.5 Å². The Hall–Kier alpha value is -9.20. The molecule has 0 unspecified atom stereocenters. The molecule has 20 nitrogen and oxygen atoms in total. The second-order valence-electron chi connectivity index (χ2n) is 15.8. The molecule has 0 saturated heterocycles. The van der Waals surface area contributed by atoms with Gasteiger partial charge in [0.1, 0.15) is 49.4 Å². The first kappa shape index (κ1) is 56.4. The zero-order valence-corrected chi connectivity index (χ0v) is 40.8. The lowest BCUT2D eigenvalue weighted by molar-refractivity contribution is -0.139. The van der Waals surface area contributed by atoms with Crippen LogP contribution in [-0.2, 0) is 43.5 Å². The van der Waals surface area contributed by atoms with Crippen LogP contribution in [0.4, 0.5) is 19.2 Å². The Labute approximate surface area is 421 Å². The minimum Gasteiger partial charge on any atom is -0.460 e. The fraction of sp³-hybridized carbons (Fsp3) is 0.245. The van der Waals surface area contributed by atoms with E-state index in [1.54, 1.807) is 97.1 Å². The summed E-state index contributed by atoms with van der Waals surface area (Å²) in [7, 11) is 0. The van der Waals surface area contributed by atoms with Gasteiger partial charge in [-0.15, -0.1) is 0 Å². The van der Waals surface area contributed by atoms with Crippen molar-refractivity contribution in [3.05, 3.63) is 168 Å². The highest BCUT2D eigenvalue weighted by molar-refractivity contribution is 5.88. The van der Waals surface area contributed by atoms with E-state index in [1.165, 1.54) is 27.7 Å². The summed E-state index contributed by atoms with van der Waals surface area (Å²) in [4.78, 5) is 98.0. The molecule has 0 radical (unpaired) electrons. The summed E-state index contributed by atoms with van der Waals surface area (Å²) in [5, 5.41) is 10.1. The second-order valence-corrected chi connectivity index (χ2v) is 15.8. The van der Waals surface area contributed by atoms with Crippen molar-refractivity contribution >= 4 is 48.3 Å². The minimum atomic E-state index is -1.30. The predicted molar refractivity (Wildman–Crippen MR) is 264 cm³/mol. The molecule has 0 aliphatic rings. The lowest BCUT2D eigenvalue weighted by atomic mass is 9.65. The van der Waals surface area contributed by atoms with E-state index in [2.05, 4.69) is 47.6 Å². The number of hydrogen-bond acceptors (Lipinski definition) is 16. The van der Waals surface area contributed by atoms with Gasteiger partial charge in [0.25, 0.3) is 0 Å². The average molecular weight is 1010 g/mol. The number of esters is 4. The topological polar surface area (TPSA) is 259 Å². The van der Waals surface area contributed by atoms with Crippen LogP contribution in [0, 0.1) is 0 Å². The van der Waals surface area contributed by atoms with Crippen molar-refractivity contribution in [1.29, 1.82) is 0 Å². The molecule has 0 saturated carbocycles. The number of amides is 4. The van der Waals surface area contributed by atoms with Crippen LogP contribution in [0.25, 0.3) is 0 Å². The predicted octanol–water partition coefficient (Wildman–Crippen LogP) is 6.90. The first-order chi connectivity index (χ1) is 34.8. The van der Waals surface area contributed by atoms with E-state index in [-0.39, 0.29) is 97.9 Å². The van der Waals surface area contributed by atoms with Gasteiger partial charge < -0.3 is 59.2 Å². The summed E-state index contributed by atoms with van der Waals surface area (Å²) in [6.07, 6.45) is -3.29. The third kappa shape index (κ3) is 17.6. The second kappa shape index (κ2) is 27.9. The van der Waals surface area contributed by atoms with Crippen LogP contribution in [0.1, 0.15) is 49.9 Å². The Morgan fingerprint density at radius 2 is 0.521 bits per heavy atom. The van der Waals surface area contributed by atoms with Gasteiger partial charge in [0.15, 0.2) is 0 Å². The van der Waals surface area contributed by atoms with E-state index in [0.717, 1.165) is 0 Å². The molecule has 0 spiro atoms. The van der Waals surface area contributed by atoms with E-state index in [1.807, 2.05) is 0 Å². The maximum atomic E-state index is 12.8. The van der Waals surface area contributed by atoms with E-state index < -0.39 is 53.7 Å². The molecule has 4 aromatic rings. The summed E-state index contributed by atoms with van der Waals surface area (Å²) in [6.45, 7) is 19.4. The van der Waals surface area contributed by atoms with Crippen LogP contribution >= 0.6 is 0 Å². The van der Waals surface area contributed by atoms with E-state index in [0.29, 0.717) is 22.3 Å². The van der Waals surface area contributed by atoms with Crippen molar-refractivity contribution in [2.75, 3.05) is 52.6 Å². The smallest absolute Gasteiger partial charge is 0.412 e. The van der Waals surface area contributed by atoms with Crippen LogP contribution in [0.3, 0.4) is 0 Å². The Bertz CT molecular complexity index is 2310. The molecular weight excluding hydrogens is 949 g/mol. The molecule has 4 amide bonds. The lowest BCUT2D eigenvalue weighted by Gasteiger charge is -2.37. The van der Waals surface area contributed by atoms with Gasteiger partial charge in [0.05, 0.1) is 31.6 Å². The Balaban J connectivity index is 1.73. The monoisotopic (exact) mass is 1000 g/mol. The highest BCUT2D eigenvalue weighted by atomic mass is 16.6. The molecular formula is C53H56N4O16. The largest absolute Gasteiger partial charge is 0.460 e. The molecule has 0 heterocycles. The first-order valence-electron chi connectivity index (χ1n) is 22.4. The molecule has 0 aromatic heterocycles. The quantitative estimate of drug-likeness (QED) is 0.0183. The highest BCUT2D eigenvalue weighted by Crippen LogP contribution is 2.46. The van der Waals surface area contributed by atoms with Crippen LogP contribution in [0.2, 0.25) is 0 Å². The normalized spacial score (nSPS) is 10.5. The maximum absolute atomic E-state index is 12.8. The Morgan fingerprint density at radius 1 is 0.342 bits per heavy atom. The zero-order valence-electron chi connectivity index (χ0n) is 40.8. The van der Waals surface area contributed by atoms with Crippen LogP contribution in [0.15, 0.2) is 146 Å². The number of rotatable bonds is 24. The fourth-order valence-electron chi connectivity index (χ4n) is 6.34. The number of ether oxygens (including phenoxy) is 8. The van der Waals surface area contributed by atoms with Gasteiger partial charge in [-0.2, -0.15) is 0 Å². The van der Waals surface area contributed by atoms with E-state index in [9.17, 15) is 38.4 Å². The van der Waals surface area contributed by atoms with Crippen molar-refractivity contribution in [1.82, 2.24) is 21.3 Å².